The van der Waals surface area contributed by atoms with Crippen LogP contribution in [0.1, 0.15) is 15.9 Å². The summed E-state index contributed by atoms with van der Waals surface area (Å²) in [7, 11) is 0. The Hall–Kier alpha value is -2.84. The Labute approximate surface area is 163 Å². The summed E-state index contributed by atoms with van der Waals surface area (Å²) in [4.78, 5) is 31.1. The molecule has 0 fully saturated rings. The maximum Gasteiger partial charge on any atom is 0.277 e. The number of nitrogens with two attached hydrogens (primary N) is 1. The largest absolute Gasteiger partial charge is 0.382 e. The van der Waals surface area contributed by atoms with Gasteiger partial charge >= 0.3 is 0 Å². The fourth-order valence-electron chi connectivity index (χ4n) is 2.22. The molecule has 0 aliphatic heterocycles. The van der Waals surface area contributed by atoms with E-state index in [-0.39, 0.29) is 22.5 Å². The van der Waals surface area contributed by atoms with Crippen molar-refractivity contribution in [3.8, 4) is 0 Å². The van der Waals surface area contributed by atoms with E-state index in [1.54, 1.807) is 24.3 Å². The predicted molar refractivity (Wildman–Crippen MR) is 105 cm³/mol. The molecule has 2 aromatic carbocycles. The van der Waals surface area contributed by atoms with Gasteiger partial charge in [-0.2, -0.15) is 0 Å². The average molecular weight is 405 g/mol. The molecular formula is C18H14ClFN4O2S. The van der Waals surface area contributed by atoms with Gasteiger partial charge in [0.1, 0.15) is 11.5 Å². The van der Waals surface area contributed by atoms with Crippen molar-refractivity contribution in [1.29, 1.82) is 0 Å². The number of hydrogen-bond donors (Lipinski definition) is 3. The van der Waals surface area contributed by atoms with E-state index in [1.165, 1.54) is 36.0 Å². The van der Waals surface area contributed by atoms with Gasteiger partial charge in [-0.05, 0) is 42.0 Å². The Morgan fingerprint density at radius 1 is 1.26 bits per heavy atom. The predicted octanol–water partition coefficient (Wildman–Crippen LogP) is 3.69. The third kappa shape index (κ3) is 4.87. The van der Waals surface area contributed by atoms with Crippen molar-refractivity contribution in [2.45, 2.75) is 10.9 Å². The number of rotatable bonds is 5. The van der Waals surface area contributed by atoms with Crippen molar-refractivity contribution >= 4 is 40.8 Å². The second kappa shape index (κ2) is 8.24. The smallest absolute Gasteiger partial charge is 0.277 e. The molecule has 0 aliphatic rings. The van der Waals surface area contributed by atoms with E-state index in [0.717, 1.165) is 5.56 Å². The maximum absolute atomic E-state index is 13.2. The number of aromatic amines is 1. The lowest BCUT2D eigenvalue weighted by Gasteiger charge is -2.08. The Bertz CT molecular complexity index is 1040. The number of nitrogen functional groups attached to an aromatic ring is 1. The van der Waals surface area contributed by atoms with Crippen molar-refractivity contribution in [1.82, 2.24) is 9.97 Å². The molecule has 0 saturated heterocycles. The summed E-state index contributed by atoms with van der Waals surface area (Å²) in [5.41, 5.74) is 6.17. The minimum absolute atomic E-state index is 0.109. The molecule has 0 spiro atoms. The molecule has 3 aromatic rings. The number of nitrogens with one attached hydrogen (secondary N) is 2. The lowest BCUT2D eigenvalue weighted by Crippen LogP contribution is -2.23. The number of hydrogen-bond acceptors (Lipinski definition) is 5. The second-order valence-corrected chi connectivity index (χ2v) is 6.91. The Morgan fingerprint density at radius 2 is 2.00 bits per heavy atom. The lowest BCUT2D eigenvalue weighted by molar-refractivity contribution is 0.102. The van der Waals surface area contributed by atoms with E-state index in [9.17, 15) is 14.0 Å². The van der Waals surface area contributed by atoms with Crippen LogP contribution in [0.4, 0.5) is 15.9 Å². The number of aromatic nitrogens is 2. The van der Waals surface area contributed by atoms with Gasteiger partial charge in [0.25, 0.3) is 11.5 Å². The van der Waals surface area contributed by atoms with Crippen molar-refractivity contribution in [2.24, 2.45) is 0 Å². The Balaban J connectivity index is 1.73. The van der Waals surface area contributed by atoms with Crippen LogP contribution in [0, 0.1) is 5.82 Å². The van der Waals surface area contributed by atoms with Crippen LogP contribution in [0.5, 0.6) is 0 Å². The minimum atomic E-state index is -0.577. The number of H-pyrrole nitrogens is 1. The number of nitrogens with zero attached hydrogens (tertiary/aromatic N) is 1. The quantitative estimate of drug-likeness (QED) is 0.444. The first-order valence-electron chi connectivity index (χ1n) is 7.76. The zero-order valence-corrected chi connectivity index (χ0v) is 15.4. The minimum Gasteiger partial charge on any atom is -0.382 e. The molecule has 0 unspecified atom stereocenters. The van der Waals surface area contributed by atoms with E-state index in [0.29, 0.717) is 16.3 Å². The molecule has 0 saturated carbocycles. The number of halogens is 2. The Kier molecular flexibility index (Phi) is 5.78. The SMILES string of the molecule is Nc1nc(SCc2cccc(F)c2)[nH]c(=O)c1NC(=O)c1ccc(Cl)cc1. The van der Waals surface area contributed by atoms with Crippen LogP contribution < -0.4 is 16.6 Å². The molecule has 1 heterocycles. The van der Waals surface area contributed by atoms with Gasteiger partial charge in [0.05, 0.1) is 0 Å². The van der Waals surface area contributed by atoms with Crippen molar-refractivity contribution in [3.63, 3.8) is 0 Å². The van der Waals surface area contributed by atoms with Crippen molar-refractivity contribution in [2.75, 3.05) is 11.1 Å². The van der Waals surface area contributed by atoms with Gasteiger partial charge in [-0.15, -0.1) is 0 Å². The highest BCUT2D eigenvalue weighted by Gasteiger charge is 2.14. The molecule has 0 atom stereocenters. The molecule has 0 bridgehead atoms. The summed E-state index contributed by atoms with van der Waals surface area (Å²) < 4.78 is 13.2. The fourth-order valence-corrected chi connectivity index (χ4v) is 3.16. The number of benzene rings is 2. The average Bonchev–Trinajstić information content (AvgIpc) is 2.63. The first-order chi connectivity index (χ1) is 12.9. The molecular weight excluding hydrogens is 391 g/mol. The third-order valence-corrected chi connectivity index (χ3v) is 4.73. The van der Waals surface area contributed by atoms with Gasteiger partial charge in [0.15, 0.2) is 11.0 Å². The zero-order chi connectivity index (χ0) is 19.4. The van der Waals surface area contributed by atoms with Crippen molar-refractivity contribution < 1.29 is 9.18 Å². The van der Waals surface area contributed by atoms with E-state index >= 15 is 0 Å². The summed E-state index contributed by atoms with van der Waals surface area (Å²) >= 11 is 6.98. The van der Waals surface area contributed by atoms with Crippen molar-refractivity contribution in [3.05, 3.63) is 80.9 Å². The van der Waals surface area contributed by atoms with Gasteiger partial charge in [-0.1, -0.05) is 35.5 Å². The molecule has 9 heteroatoms. The van der Waals surface area contributed by atoms with Crippen LogP contribution in [-0.4, -0.2) is 15.9 Å². The number of carbonyl (C=O) groups excluding carboxylic acids is 1. The molecule has 6 nitrogen and oxygen atoms in total. The van der Waals surface area contributed by atoms with Gasteiger partial charge in [0.2, 0.25) is 0 Å². The Morgan fingerprint density at radius 3 is 2.67 bits per heavy atom. The fraction of sp³-hybridized carbons (Fsp3) is 0.0556. The first kappa shape index (κ1) is 18.9. The van der Waals surface area contributed by atoms with E-state index < -0.39 is 11.5 Å². The van der Waals surface area contributed by atoms with Crippen LogP contribution in [0.15, 0.2) is 58.5 Å². The molecule has 1 aromatic heterocycles. The van der Waals surface area contributed by atoms with Crippen LogP contribution in [0.2, 0.25) is 5.02 Å². The summed E-state index contributed by atoms with van der Waals surface area (Å²) in [6.07, 6.45) is 0. The zero-order valence-electron chi connectivity index (χ0n) is 13.8. The van der Waals surface area contributed by atoms with Crippen LogP contribution in [-0.2, 0) is 5.75 Å². The van der Waals surface area contributed by atoms with Crippen LogP contribution in [0.3, 0.4) is 0 Å². The molecule has 3 rings (SSSR count). The van der Waals surface area contributed by atoms with Crippen LogP contribution in [0.25, 0.3) is 0 Å². The van der Waals surface area contributed by atoms with Gasteiger partial charge in [-0.25, -0.2) is 9.37 Å². The molecule has 138 valence electrons. The summed E-state index contributed by atoms with van der Waals surface area (Å²) in [6.45, 7) is 0. The lowest BCUT2D eigenvalue weighted by atomic mass is 10.2. The topological polar surface area (TPSA) is 101 Å². The molecule has 0 radical (unpaired) electrons. The van der Waals surface area contributed by atoms with Crippen LogP contribution >= 0.6 is 23.4 Å². The van der Waals surface area contributed by atoms with Gasteiger partial charge in [-0.3, -0.25) is 14.6 Å². The highest BCUT2D eigenvalue weighted by atomic mass is 35.5. The van der Waals surface area contributed by atoms with E-state index in [4.69, 9.17) is 17.3 Å². The van der Waals surface area contributed by atoms with Gasteiger partial charge in [0, 0.05) is 16.3 Å². The summed E-state index contributed by atoms with van der Waals surface area (Å²) in [5, 5.41) is 3.21. The first-order valence-corrected chi connectivity index (χ1v) is 9.12. The molecule has 0 aliphatic carbocycles. The molecule has 27 heavy (non-hydrogen) atoms. The highest BCUT2D eigenvalue weighted by Crippen LogP contribution is 2.21. The second-order valence-electron chi connectivity index (χ2n) is 5.51. The monoisotopic (exact) mass is 404 g/mol. The number of amides is 1. The summed E-state index contributed by atoms with van der Waals surface area (Å²) in [5.74, 6) is -0.556. The molecule has 1 amide bonds. The molecule has 4 N–H and O–H groups in total. The highest BCUT2D eigenvalue weighted by molar-refractivity contribution is 7.98. The van der Waals surface area contributed by atoms with Gasteiger partial charge < -0.3 is 11.1 Å². The van der Waals surface area contributed by atoms with E-state index in [1.807, 2.05) is 0 Å². The normalized spacial score (nSPS) is 10.6. The maximum atomic E-state index is 13.2. The summed E-state index contributed by atoms with van der Waals surface area (Å²) in [6, 6.07) is 12.3. The third-order valence-electron chi connectivity index (χ3n) is 3.54. The van der Waals surface area contributed by atoms with E-state index in [2.05, 4.69) is 15.3 Å². The standard InChI is InChI=1S/C18H14ClFN4O2S/c19-12-6-4-11(5-7-12)16(25)22-14-15(21)23-18(24-17(14)26)27-9-10-2-1-3-13(20)8-10/h1-8H,9H2,(H,22,25)(H3,21,23,24,26). The number of anilines is 2. The number of thioether (sulfide) groups is 1. The number of carbonyl (C=O) groups is 1.